The SMILES string of the molecule is Cc1n[nH]c(C)c1S(=O)(=O)NCC(=O)N1CCN(Cc2ccccc2)CC1. The van der Waals surface area contributed by atoms with Crippen molar-refractivity contribution in [2.24, 2.45) is 0 Å². The van der Waals surface area contributed by atoms with Gasteiger partial charge in [-0.05, 0) is 19.4 Å². The number of benzene rings is 1. The average molecular weight is 391 g/mol. The maximum atomic E-state index is 12.4. The van der Waals surface area contributed by atoms with E-state index in [9.17, 15) is 13.2 Å². The van der Waals surface area contributed by atoms with Gasteiger partial charge in [-0.25, -0.2) is 13.1 Å². The predicted molar refractivity (Wildman–Crippen MR) is 102 cm³/mol. The molecule has 1 aromatic heterocycles. The van der Waals surface area contributed by atoms with Gasteiger partial charge < -0.3 is 4.90 Å². The molecule has 1 saturated heterocycles. The first-order chi connectivity index (χ1) is 12.9. The molecule has 0 spiro atoms. The van der Waals surface area contributed by atoms with Crippen LogP contribution in [0.15, 0.2) is 35.2 Å². The number of nitrogens with zero attached hydrogens (tertiary/aromatic N) is 3. The van der Waals surface area contributed by atoms with E-state index in [4.69, 9.17) is 0 Å². The minimum atomic E-state index is -3.77. The smallest absolute Gasteiger partial charge is 0.244 e. The Hall–Kier alpha value is -2.23. The molecular weight excluding hydrogens is 366 g/mol. The van der Waals surface area contributed by atoms with E-state index in [0.29, 0.717) is 24.5 Å². The number of aromatic nitrogens is 2. The molecule has 0 aliphatic carbocycles. The van der Waals surface area contributed by atoms with E-state index in [2.05, 4.69) is 32.0 Å². The second-order valence-electron chi connectivity index (χ2n) is 6.73. The van der Waals surface area contributed by atoms with Crippen LogP contribution in [0, 0.1) is 13.8 Å². The third-order valence-electron chi connectivity index (χ3n) is 4.72. The van der Waals surface area contributed by atoms with Gasteiger partial charge >= 0.3 is 0 Å². The molecule has 1 aliphatic heterocycles. The van der Waals surface area contributed by atoms with Gasteiger partial charge in [0.2, 0.25) is 15.9 Å². The number of H-pyrrole nitrogens is 1. The van der Waals surface area contributed by atoms with Crippen molar-refractivity contribution in [2.45, 2.75) is 25.3 Å². The van der Waals surface area contributed by atoms with Crippen LogP contribution in [0.1, 0.15) is 17.0 Å². The lowest BCUT2D eigenvalue weighted by Gasteiger charge is -2.34. The van der Waals surface area contributed by atoms with E-state index < -0.39 is 10.0 Å². The number of aromatic amines is 1. The molecule has 2 aromatic rings. The van der Waals surface area contributed by atoms with E-state index in [1.54, 1.807) is 18.7 Å². The molecular formula is C18H25N5O3S. The molecule has 0 atom stereocenters. The molecule has 2 heterocycles. The largest absolute Gasteiger partial charge is 0.339 e. The maximum absolute atomic E-state index is 12.4. The van der Waals surface area contributed by atoms with Crippen LogP contribution < -0.4 is 4.72 Å². The minimum absolute atomic E-state index is 0.114. The van der Waals surface area contributed by atoms with Crippen molar-refractivity contribution >= 4 is 15.9 Å². The van der Waals surface area contributed by atoms with Crippen molar-refractivity contribution in [1.82, 2.24) is 24.7 Å². The summed E-state index contributed by atoms with van der Waals surface area (Å²) in [7, 11) is -3.77. The Morgan fingerprint density at radius 2 is 1.81 bits per heavy atom. The summed E-state index contributed by atoms with van der Waals surface area (Å²) < 4.78 is 27.3. The lowest BCUT2D eigenvalue weighted by Crippen LogP contribution is -2.50. The van der Waals surface area contributed by atoms with Crippen molar-refractivity contribution in [3.05, 3.63) is 47.3 Å². The summed E-state index contributed by atoms with van der Waals surface area (Å²) in [6.45, 7) is 6.60. The van der Waals surface area contributed by atoms with Gasteiger partial charge in [-0.3, -0.25) is 14.8 Å². The Balaban J connectivity index is 1.50. The quantitative estimate of drug-likeness (QED) is 0.753. The summed E-state index contributed by atoms with van der Waals surface area (Å²) in [5.41, 5.74) is 2.10. The van der Waals surface area contributed by atoms with Crippen LogP contribution in [0.2, 0.25) is 0 Å². The van der Waals surface area contributed by atoms with E-state index in [-0.39, 0.29) is 17.3 Å². The van der Waals surface area contributed by atoms with Gasteiger partial charge in [0.05, 0.1) is 17.9 Å². The van der Waals surface area contributed by atoms with Gasteiger partial charge in [0, 0.05) is 32.7 Å². The molecule has 1 amide bonds. The number of rotatable bonds is 6. The van der Waals surface area contributed by atoms with Gasteiger partial charge in [-0.1, -0.05) is 30.3 Å². The first-order valence-electron chi connectivity index (χ1n) is 8.92. The molecule has 0 unspecified atom stereocenters. The van der Waals surface area contributed by atoms with Crippen molar-refractivity contribution < 1.29 is 13.2 Å². The molecule has 146 valence electrons. The Labute approximate surface area is 159 Å². The van der Waals surface area contributed by atoms with Gasteiger partial charge in [-0.15, -0.1) is 0 Å². The van der Waals surface area contributed by atoms with Crippen LogP contribution in [0.4, 0.5) is 0 Å². The molecule has 1 aromatic carbocycles. The number of carbonyl (C=O) groups excluding carboxylic acids is 1. The van der Waals surface area contributed by atoms with Crippen molar-refractivity contribution in [3.63, 3.8) is 0 Å². The summed E-state index contributed by atoms with van der Waals surface area (Å²) in [6.07, 6.45) is 0. The summed E-state index contributed by atoms with van der Waals surface area (Å²) in [4.78, 5) is 16.5. The Bertz CT molecular complexity index is 867. The van der Waals surface area contributed by atoms with Crippen LogP contribution in [0.5, 0.6) is 0 Å². The van der Waals surface area contributed by atoms with Crippen LogP contribution >= 0.6 is 0 Å². The molecule has 9 heteroatoms. The Kier molecular flexibility index (Phi) is 5.93. The van der Waals surface area contributed by atoms with Gasteiger partial charge in [0.1, 0.15) is 4.90 Å². The van der Waals surface area contributed by atoms with E-state index in [0.717, 1.165) is 19.6 Å². The third kappa shape index (κ3) is 4.74. The van der Waals surface area contributed by atoms with E-state index in [1.165, 1.54) is 5.56 Å². The molecule has 0 bridgehead atoms. The normalized spacial score (nSPS) is 15.9. The number of aryl methyl sites for hydroxylation is 2. The highest BCUT2D eigenvalue weighted by Gasteiger charge is 2.25. The number of nitrogens with one attached hydrogen (secondary N) is 2. The van der Waals surface area contributed by atoms with E-state index in [1.807, 2.05) is 18.2 Å². The second kappa shape index (κ2) is 8.20. The molecule has 1 fully saturated rings. The van der Waals surface area contributed by atoms with Crippen molar-refractivity contribution in [3.8, 4) is 0 Å². The van der Waals surface area contributed by atoms with Gasteiger partial charge in [0.25, 0.3) is 0 Å². The van der Waals surface area contributed by atoms with Gasteiger partial charge in [-0.2, -0.15) is 5.10 Å². The van der Waals surface area contributed by atoms with Crippen molar-refractivity contribution in [2.75, 3.05) is 32.7 Å². The molecule has 2 N–H and O–H groups in total. The topological polar surface area (TPSA) is 98.4 Å². The second-order valence-corrected chi connectivity index (χ2v) is 8.43. The molecule has 0 radical (unpaired) electrons. The molecule has 3 rings (SSSR count). The first kappa shape index (κ1) is 19.5. The molecule has 27 heavy (non-hydrogen) atoms. The monoisotopic (exact) mass is 391 g/mol. The number of hydrogen-bond donors (Lipinski definition) is 2. The zero-order valence-electron chi connectivity index (χ0n) is 15.6. The Morgan fingerprint density at radius 3 is 2.41 bits per heavy atom. The summed E-state index contributed by atoms with van der Waals surface area (Å²) >= 11 is 0. The zero-order valence-corrected chi connectivity index (χ0v) is 16.4. The van der Waals surface area contributed by atoms with E-state index >= 15 is 0 Å². The molecule has 8 nitrogen and oxygen atoms in total. The zero-order chi connectivity index (χ0) is 19.4. The standard InChI is InChI=1S/C18H25N5O3S/c1-14-18(15(2)21-20-14)27(25,26)19-12-17(24)23-10-8-22(9-11-23)13-16-6-4-3-5-7-16/h3-7,19H,8-13H2,1-2H3,(H,20,21). The fraction of sp³-hybridized carbons (Fsp3) is 0.444. The lowest BCUT2D eigenvalue weighted by atomic mass is 10.2. The lowest BCUT2D eigenvalue weighted by molar-refractivity contribution is -0.131. The maximum Gasteiger partial charge on any atom is 0.244 e. The number of piperazine rings is 1. The van der Waals surface area contributed by atoms with Crippen LogP contribution in [-0.4, -0.2) is 67.0 Å². The summed E-state index contributed by atoms with van der Waals surface area (Å²) in [6, 6.07) is 10.2. The number of hydrogen-bond acceptors (Lipinski definition) is 5. The number of carbonyl (C=O) groups is 1. The first-order valence-corrected chi connectivity index (χ1v) is 10.4. The van der Waals surface area contributed by atoms with Crippen molar-refractivity contribution in [1.29, 1.82) is 0 Å². The summed E-state index contributed by atoms with van der Waals surface area (Å²) in [5, 5.41) is 6.55. The Morgan fingerprint density at radius 1 is 1.15 bits per heavy atom. The number of sulfonamides is 1. The molecule has 1 aliphatic rings. The number of amides is 1. The minimum Gasteiger partial charge on any atom is -0.339 e. The predicted octanol–water partition coefficient (Wildman–Crippen LogP) is 0.649. The van der Waals surface area contributed by atoms with Gasteiger partial charge in [0.15, 0.2) is 0 Å². The highest BCUT2D eigenvalue weighted by molar-refractivity contribution is 7.89. The van der Waals surface area contributed by atoms with Crippen LogP contribution in [-0.2, 0) is 21.4 Å². The summed E-state index contributed by atoms with van der Waals surface area (Å²) in [5.74, 6) is -0.211. The van der Waals surface area contributed by atoms with Crippen LogP contribution in [0.3, 0.4) is 0 Å². The molecule has 0 saturated carbocycles. The highest BCUT2D eigenvalue weighted by Crippen LogP contribution is 2.16. The third-order valence-corrected chi connectivity index (χ3v) is 6.38. The fourth-order valence-corrected chi connectivity index (χ4v) is 4.62. The highest BCUT2D eigenvalue weighted by atomic mass is 32.2. The van der Waals surface area contributed by atoms with Crippen LogP contribution in [0.25, 0.3) is 0 Å². The fourth-order valence-electron chi connectivity index (χ4n) is 3.27. The average Bonchev–Trinajstić information content (AvgIpc) is 3.00.